The Morgan fingerprint density at radius 3 is 2.79 bits per heavy atom. The van der Waals surface area contributed by atoms with Crippen molar-refractivity contribution in [2.75, 3.05) is 12.5 Å². The van der Waals surface area contributed by atoms with E-state index in [0.717, 1.165) is 6.42 Å². The molecule has 1 nitrogen and oxygen atoms in total. The van der Waals surface area contributed by atoms with Crippen molar-refractivity contribution in [1.82, 2.24) is 0 Å². The van der Waals surface area contributed by atoms with E-state index in [4.69, 9.17) is 16.3 Å². The van der Waals surface area contributed by atoms with E-state index in [2.05, 4.69) is 26.8 Å². The second-order valence-corrected chi connectivity index (χ2v) is 5.04. The van der Waals surface area contributed by atoms with Crippen molar-refractivity contribution in [3.05, 3.63) is 11.6 Å². The zero-order valence-corrected chi connectivity index (χ0v) is 10.2. The summed E-state index contributed by atoms with van der Waals surface area (Å²) in [4.78, 5) is 0. The van der Waals surface area contributed by atoms with Crippen molar-refractivity contribution >= 4 is 11.6 Å². The summed E-state index contributed by atoms with van der Waals surface area (Å²) in [5.41, 5.74) is 1.50. The molecule has 0 saturated carbocycles. The normalized spacial score (nSPS) is 23.4. The Morgan fingerprint density at radius 1 is 1.57 bits per heavy atom. The smallest absolute Gasteiger partial charge is 0.0658 e. The molecule has 0 saturated heterocycles. The molecule has 1 atom stereocenters. The fourth-order valence-corrected chi connectivity index (χ4v) is 2.09. The van der Waals surface area contributed by atoms with Crippen LogP contribution < -0.4 is 0 Å². The second-order valence-electron chi connectivity index (χ2n) is 4.66. The summed E-state index contributed by atoms with van der Waals surface area (Å²) >= 11 is 5.63. The molecule has 0 heterocycles. The van der Waals surface area contributed by atoms with Gasteiger partial charge in [-0.15, -0.1) is 11.6 Å². The Hall–Kier alpha value is -0.0100. The van der Waals surface area contributed by atoms with Gasteiger partial charge in [-0.05, 0) is 46.0 Å². The van der Waals surface area contributed by atoms with Crippen LogP contribution in [0.3, 0.4) is 0 Å². The largest absolute Gasteiger partial charge is 0.374 e. The molecule has 0 aromatic carbocycles. The Bertz CT molecular complexity index is 208. The highest BCUT2D eigenvalue weighted by Gasteiger charge is 2.30. The maximum absolute atomic E-state index is 5.79. The topological polar surface area (TPSA) is 9.23 Å². The molecule has 82 valence electrons. The van der Waals surface area contributed by atoms with Crippen LogP contribution in [-0.4, -0.2) is 18.1 Å². The van der Waals surface area contributed by atoms with Gasteiger partial charge in [0.05, 0.1) is 12.2 Å². The molecular weight excluding hydrogens is 196 g/mol. The van der Waals surface area contributed by atoms with E-state index in [1.165, 1.54) is 18.4 Å². The van der Waals surface area contributed by atoms with Crippen molar-refractivity contribution in [1.29, 1.82) is 0 Å². The molecule has 0 bridgehead atoms. The summed E-state index contributed by atoms with van der Waals surface area (Å²) in [6, 6.07) is 0. The molecule has 1 aliphatic rings. The molecule has 0 N–H and O–H groups in total. The minimum atomic E-state index is -0.0217. The third-order valence-electron chi connectivity index (χ3n) is 3.17. The van der Waals surface area contributed by atoms with E-state index in [0.29, 0.717) is 18.4 Å². The molecule has 14 heavy (non-hydrogen) atoms. The first-order valence-corrected chi connectivity index (χ1v) is 5.95. The molecule has 1 rings (SSSR count). The van der Waals surface area contributed by atoms with Gasteiger partial charge in [0.25, 0.3) is 0 Å². The summed E-state index contributed by atoms with van der Waals surface area (Å²) < 4.78 is 5.79. The highest BCUT2D eigenvalue weighted by molar-refractivity contribution is 6.17. The molecule has 0 amide bonds. The molecule has 0 spiro atoms. The average molecular weight is 217 g/mol. The van der Waals surface area contributed by atoms with Gasteiger partial charge in [0, 0.05) is 5.88 Å². The zero-order valence-electron chi connectivity index (χ0n) is 9.48. The van der Waals surface area contributed by atoms with E-state index in [1.54, 1.807) is 0 Å². The van der Waals surface area contributed by atoms with Crippen LogP contribution in [0, 0.1) is 5.92 Å². The first-order valence-electron chi connectivity index (χ1n) is 5.42. The lowest BCUT2D eigenvalue weighted by Crippen LogP contribution is -2.36. The fraction of sp³-hybridized carbons (Fsp3) is 0.833. The Labute approximate surface area is 92.5 Å². The quantitative estimate of drug-likeness (QED) is 0.514. The van der Waals surface area contributed by atoms with Crippen molar-refractivity contribution in [3.8, 4) is 0 Å². The molecule has 0 aliphatic heterocycles. The van der Waals surface area contributed by atoms with Crippen LogP contribution in [0.25, 0.3) is 0 Å². The second kappa shape index (κ2) is 5.18. The molecule has 1 aliphatic carbocycles. The monoisotopic (exact) mass is 216 g/mol. The van der Waals surface area contributed by atoms with Gasteiger partial charge in [0.2, 0.25) is 0 Å². The maximum atomic E-state index is 5.79. The van der Waals surface area contributed by atoms with Crippen molar-refractivity contribution in [3.63, 3.8) is 0 Å². The lowest BCUT2D eigenvalue weighted by Gasteiger charge is -2.36. The molecule has 2 heteroatoms. The number of hydrogen-bond acceptors (Lipinski definition) is 1. The van der Waals surface area contributed by atoms with Gasteiger partial charge in [-0.1, -0.05) is 11.6 Å². The van der Waals surface area contributed by atoms with Gasteiger partial charge in [-0.3, -0.25) is 0 Å². The van der Waals surface area contributed by atoms with Crippen LogP contribution in [-0.2, 0) is 4.74 Å². The zero-order chi connectivity index (χ0) is 10.6. The first-order chi connectivity index (χ1) is 6.56. The van der Waals surface area contributed by atoms with Crippen LogP contribution >= 0.6 is 11.6 Å². The summed E-state index contributed by atoms with van der Waals surface area (Å²) in [5.74, 6) is 1.24. The maximum Gasteiger partial charge on any atom is 0.0658 e. The summed E-state index contributed by atoms with van der Waals surface area (Å²) in [6.45, 7) is 7.23. The summed E-state index contributed by atoms with van der Waals surface area (Å²) in [6.07, 6.45) is 5.97. The third kappa shape index (κ3) is 3.29. The first kappa shape index (κ1) is 12.1. The molecule has 0 aromatic heterocycles. The van der Waals surface area contributed by atoms with Gasteiger partial charge in [0.15, 0.2) is 0 Å². The minimum absolute atomic E-state index is 0.0217. The average Bonchev–Trinajstić information content (AvgIpc) is 2.16. The number of allylic oxidation sites excluding steroid dienone is 2. The van der Waals surface area contributed by atoms with Gasteiger partial charge in [-0.25, -0.2) is 0 Å². The summed E-state index contributed by atoms with van der Waals surface area (Å²) in [5, 5.41) is 0. The number of alkyl halides is 1. The van der Waals surface area contributed by atoms with Crippen molar-refractivity contribution in [2.24, 2.45) is 5.92 Å². The van der Waals surface area contributed by atoms with Gasteiger partial charge < -0.3 is 4.74 Å². The van der Waals surface area contributed by atoms with E-state index in [-0.39, 0.29) is 5.60 Å². The molecule has 0 fully saturated rings. The van der Waals surface area contributed by atoms with Gasteiger partial charge >= 0.3 is 0 Å². The van der Waals surface area contributed by atoms with Crippen molar-refractivity contribution < 1.29 is 4.74 Å². The van der Waals surface area contributed by atoms with E-state index in [1.807, 2.05) is 0 Å². The summed E-state index contributed by atoms with van der Waals surface area (Å²) in [7, 11) is 0. The van der Waals surface area contributed by atoms with Gasteiger partial charge in [-0.2, -0.15) is 0 Å². The highest BCUT2D eigenvalue weighted by atomic mass is 35.5. The third-order valence-corrected chi connectivity index (χ3v) is 3.33. The standard InChI is InChI=1S/C12H21ClO/c1-10-4-6-11(7-5-10)12(2,3)14-9-8-13/h4,11H,5-9H2,1-3H3. The SMILES string of the molecule is CC1=CCC(C(C)(C)OCCCl)CC1. The number of hydrogen-bond donors (Lipinski definition) is 0. The Balaban J connectivity index is 2.47. The van der Waals surface area contributed by atoms with Crippen LogP contribution in [0.5, 0.6) is 0 Å². The molecule has 1 unspecified atom stereocenters. The number of ether oxygens (including phenoxy) is 1. The van der Waals surface area contributed by atoms with Crippen LogP contribution in [0.15, 0.2) is 11.6 Å². The molecule has 0 aromatic rings. The Morgan fingerprint density at radius 2 is 2.29 bits per heavy atom. The molecule has 0 radical (unpaired) electrons. The minimum Gasteiger partial charge on any atom is -0.374 e. The predicted octanol–water partition coefficient (Wildman–Crippen LogP) is 3.77. The van der Waals surface area contributed by atoms with Gasteiger partial charge in [0.1, 0.15) is 0 Å². The van der Waals surface area contributed by atoms with Crippen molar-refractivity contribution in [2.45, 2.75) is 45.6 Å². The van der Waals surface area contributed by atoms with Crippen LogP contribution in [0.1, 0.15) is 40.0 Å². The highest BCUT2D eigenvalue weighted by Crippen LogP contribution is 2.33. The van der Waals surface area contributed by atoms with E-state index >= 15 is 0 Å². The Kier molecular flexibility index (Phi) is 4.46. The fourth-order valence-electron chi connectivity index (χ4n) is 2.02. The van der Waals surface area contributed by atoms with Crippen LogP contribution in [0.4, 0.5) is 0 Å². The van der Waals surface area contributed by atoms with Crippen LogP contribution in [0.2, 0.25) is 0 Å². The lowest BCUT2D eigenvalue weighted by molar-refractivity contribution is -0.0562. The van der Waals surface area contributed by atoms with E-state index in [9.17, 15) is 0 Å². The molecular formula is C12H21ClO. The van der Waals surface area contributed by atoms with E-state index < -0.39 is 0 Å². The number of halogens is 1. The predicted molar refractivity (Wildman–Crippen MR) is 61.8 cm³/mol. The lowest BCUT2D eigenvalue weighted by atomic mass is 9.79. The number of rotatable bonds is 4.